The van der Waals surface area contributed by atoms with Crippen LogP contribution in [0, 0.1) is 0 Å². The average molecular weight is 158 g/mol. The molecule has 0 radical (unpaired) electrons. The number of cyclic esters (lactones) is 2. The van der Waals surface area contributed by atoms with Crippen LogP contribution in [0.5, 0.6) is 0 Å². The van der Waals surface area contributed by atoms with Crippen molar-refractivity contribution < 1.29 is 14.3 Å². The van der Waals surface area contributed by atoms with E-state index in [0.29, 0.717) is 0 Å². The summed E-state index contributed by atoms with van der Waals surface area (Å²) in [5, 5.41) is 0. The molecule has 0 aromatic heterocycles. The van der Waals surface area contributed by atoms with Gasteiger partial charge in [-0.05, 0) is 0 Å². The van der Waals surface area contributed by atoms with Crippen LogP contribution in [-0.4, -0.2) is 11.9 Å². The summed E-state index contributed by atoms with van der Waals surface area (Å²) in [7, 11) is 0. The van der Waals surface area contributed by atoms with Crippen molar-refractivity contribution in [2.75, 3.05) is 0 Å². The number of esters is 2. The van der Waals surface area contributed by atoms with E-state index in [1.165, 1.54) is 12.8 Å². The lowest BCUT2D eigenvalue weighted by Gasteiger charge is -1.79. The number of unbranched alkanes of at least 4 members (excludes halogenated alkanes) is 1. The molecule has 0 saturated carbocycles. The Morgan fingerprint density at radius 1 is 1.09 bits per heavy atom. The average Bonchev–Trinajstić information content (AvgIpc) is 2.35. The molecule has 64 valence electrons. The molecular formula is C8H14O3. The zero-order chi connectivity index (χ0) is 8.69. The van der Waals surface area contributed by atoms with Crippen molar-refractivity contribution >= 4 is 11.9 Å². The second-order valence-corrected chi connectivity index (χ2v) is 2.35. The summed E-state index contributed by atoms with van der Waals surface area (Å²) in [6, 6.07) is 0. The van der Waals surface area contributed by atoms with Gasteiger partial charge < -0.3 is 4.74 Å². The molecule has 0 aliphatic carbocycles. The van der Waals surface area contributed by atoms with Crippen molar-refractivity contribution in [2.24, 2.45) is 0 Å². The Bertz CT molecular complexity index is 124. The van der Waals surface area contributed by atoms with Crippen molar-refractivity contribution in [1.82, 2.24) is 0 Å². The van der Waals surface area contributed by atoms with E-state index < -0.39 is 11.9 Å². The molecule has 0 N–H and O–H groups in total. The fraction of sp³-hybridized carbons (Fsp3) is 0.750. The Kier molecular flexibility index (Phi) is 5.43. The highest BCUT2D eigenvalue weighted by atomic mass is 16.6. The quantitative estimate of drug-likeness (QED) is 0.430. The summed E-state index contributed by atoms with van der Waals surface area (Å²) in [6.45, 7) is 4.36. The third kappa shape index (κ3) is 5.58. The highest BCUT2D eigenvalue weighted by Crippen LogP contribution is 2.03. The monoisotopic (exact) mass is 158 g/mol. The van der Waals surface area contributed by atoms with Crippen LogP contribution in [0.15, 0.2) is 0 Å². The van der Waals surface area contributed by atoms with Gasteiger partial charge in [-0.2, -0.15) is 0 Å². The molecule has 0 aromatic carbocycles. The molecule has 1 aliphatic heterocycles. The van der Waals surface area contributed by atoms with E-state index in [4.69, 9.17) is 0 Å². The summed E-state index contributed by atoms with van der Waals surface area (Å²) in [5.41, 5.74) is 0. The van der Waals surface area contributed by atoms with Crippen LogP contribution in [0.3, 0.4) is 0 Å². The van der Waals surface area contributed by atoms with E-state index in [2.05, 4.69) is 18.6 Å². The summed E-state index contributed by atoms with van der Waals surface area (Å²) >= 11 is 0. The molecule has 0 spiro atoms. The molecule has 1 fully saturated rings. The van der Waals surface area contributed by atoms with Crippen LogP contribution in [-0.2, 0) is 14.3 Å². The first kappa shape index (κ1) is 10.1. The van der Waals surface area contributed by atoms with Gasteiger partial charge in [0.2, 0.25) is 0 Å². The zero-order valence-corrected chi connectivity index (χ0v) is 7.05. The number of carbonyl (C=O) groups excluding carboxylic acids is 2. The Hall–Kier alpha value is -0.860. The zero-order valence-electron chi connectivity index (χ0n) is 7.05. The van der Waals surface area contributed by atoms with Crippen LogP contribution in [0.4, 0.5) is 0 Å². The first-order valence-electron chi connectivity index (χ1n) is 3.94. The maximum atomic E-state index is 10.0. The van der Waals surface area contributed by atoms with E-state index >= 15 is 0 Å². The molecule has 0 unspecified atom stereocenters. The van der Waals surface area contributed by atoms with Gasteiger partial charge in [-0.1, -0.05) is 26.7 Å². The van der Waals surface area contributed by atoms with Gasteiger partial charge in [-0.25, -0.2) is 0 Å². The lowest BCUT2D eigenvalue weighted by Crippen LogP contribution is -1.94. The molecule has 3 nitrogen and oxygen atoms in total. The highest BCUT2D eigenvalue weighted by Gasteiger charge is 2.19. The molecule has 1 aliphatic rings. The van der Waals surface area contributed by atoms with Gasteiger partial charge in [0.15, 0.2) is 0 Å². The van der Waals surface area contributed by atoms with Crippen LogP contribution in [0.1, 0.15) is 39.5 Å². The smallest absolute Gasteiger partial charge is 0.314 e. The Balaban J connectivity index is 0.000000218. The van der Waals surface area contributed by atoms with Crippen LogP contribution < -0.4 is 0 Å². The van der Waals surface area contributed by atoms with Gasteiger partial charge in [0.1, 0.15) is 0 Å². The molecule has 0 aromatic rings. The van der Waals surface area contributed by atoms with Gasteiger partial charge in [-0.3, -0.25) is 9.59 Å². The largest absolute Gasteiger partial charge is 0.393 e. The Morgan fingerprint density at radius 3 is 1.55 bits per heavy atom. The first-order chi connectivity index (χ1) is 5.20. The number of ether oxygens (including phenoxy) is 1. The van der Waals surface area contributed by atoms with Gasteiger partial charge in [0.05, 0.1) is 12.8 Å². The van der Waals surface area contributed by atoms with E-state index in [-0.39, 0.29) is 12.8 Å². The molecule has 1 heterocycles. The topological polar surface area (TPSA) is 43.4 Å². The summed E-state index contributed by atoms with van der Waals surface area (Å²) in [6.07, 6.45) is 3.16. The Labute approximate surface area is 66.7 Å². The van der Waals surface area contributed by atoms with Crippen molar-refractivity contribution in [3.05, 3.63) is 0 Å². The molecule has 0 amide bonds. The van der Waals surface area contributed by atoms with E-state index in [9.17, 15) is 9.59 Å². The van der Waals surface area contributed by atoms with Crippen molar-refractivity contribution in [3.63, 3.8) is 0 Å². The van der Waals surface area contributed by atoms with Crippen molar-refractivity contribution in [3.8, 4) is 0 Å². The lowest BCUT2D eigenvalue weighted by molar-refractivity contribution is -0.151. The molecule has 3 heteroatoms. The normalized spacial score (nSPS) is 15.5. The van der Waals surface area contributed by atoms with Gasteiger partial charge in [-0.15, -0.1) is 0 Å². The highest BCUT2D eigenvalue weighted by molar-refractivity contribution is 5.92. The molecule has 1 saturated heterocycles. The number of hydrogen-bond acceptors (Lipinski definition) is 3. The van der Waals surface area contributed by atoms with Crippen molar-refractivity contribution in [2.45, 2.75) is 39.5 Å². The van der Waals surface area contributed by atoms with E-state index in [1.807, 2.05) is 0 Å². The number of carbonyl (C=O) groups is 2. The fourth-order valence-electron chi connectivity index (χ4n) is 0.433. The van der Waals surface area contributed by atoms with Gasteiger partial charge in [0.25, 0.3) is 0 Å². The molecule has 0 bridgehead atoms. The van der Waals surface area contributed by atoms with Crippen LogP contribution >= 0.6 is 0 Å². The molecular weight excluding hydrogens is 144 g/mol. The van der Waals surface area contributed by atoms with E-state index in [0.717, 1.165) is 0 Å². The third-order valence-corrected chi connectivity index (χ3v) is 1.26. The third-order valence-electron chi connectivity index (χ3n) is 1.26. The van der Waals surface area contributed by atoms with Crippen molar-refractivity contribution in [1.29, 1.82) is 0 Å². The van der Waals surface area contributed by atoms with Gasteiger partial charge in [0, 0.05) is 0 Å². The molecule has 0 atom stereocenters. The Morgan fingerprint density at radius 2 is 1.45 bits per heavy atom. The second-order valence-electron chi connectivity index (χ2n) is 2.35. The standard InChI is InChI=1S/C4H4O3.C4H10/c5-3-1-2-4(6)7-3;1-3-4-2/h1-2H2;3-4H2,1-2H3. The minimum atomic E-state index is -0.398. The van der Waals surface area contributed by atoms with E-state index in [1.54, 1.807) is 0 Å². The summed E-state index contributed by atoms with van der Waals surface area (Å²) in [4.78, 5) is 20.0. The predicted octanol–water partition coefficient (Wildman–Crippen LogP) is 1.66. The minimum Gasteiger partial charge on any atom is -0.393 e. The maximum Gasteiger partial charge on any atom is 0.314 e. The SMILES string of the molecule is CCCC.O=C1CCC(=O)O1. The summed E-state index contributed by atoms with van der Waals surface area (Å²) in [5.74, 6) is -0.796. The number of hydrogen-bond donors (Lipinski definition) is 0. The fourth-order valence-corrected chi connectivity index (χ4v) is 0.433. The maximum absolute atomic E-state index is 10.0. The predicted molar refractivity (Wildman–Crippen MR) is 40.9 cm³/mol. The lowest BCUT2D eigenvalue weighted by atomic mass is 10.4. The first-order valence-corrected chi connectivity index (χ1v) is 3.94. The second kappa shape index (κ2) is 5.89. The minimum absolute atomic E-state index is 0.263. The van der Waals surface area contributed by atoms with Crippen LogP contribution in [0.2, 0.25) is 0 Å². The molecule has 11 heavy (non-hydrogen) atoms. The van der Waals surface area contributed by atoms with Crippen LogP contribution in [0.25, 0.3) is 0 Å². The summed E-state index contributed by atoms with van der Waals surface area (Å²) < 4.78 is 4.08. The molecule has 1 rings (SSSR count). The van der Waals surface area contributed by atoms with Gasteiger partial charge >= 0.3 is 11.9 Å². The number of rotatable bonds is 1.